The van der Waals surface area contributed by atoms with Crippen molar-refractivity contribution in [1.29, 1.82) is 0 Å². The minimum atomic E-state index is -0.761. The number of hydrogen-bond donors (Lipinski definition) is 1. The summed E-state index contributed by atoms with van der Waals surface area (Å²) in [5.74, 6) is -0.422. The van der Waals surface area contributed by atoms with E-state index in [9.17, 15) is 18.8 Å². The molecule has 3 aromatic rings. The van der Waals surface area contributed by atoms with Crippen molar-refractivity contribution in [3.8, 4) is 0 Å². The molecule has 3 heterocycles. The fraction of sp³-hybridized carbons (Fsp3) is 0.360. The van der Waals surface area contributed by atoms with Crippen LogP contribution in [0, 0.1) is 5.82 Å². The normalized spacial score (nSPS) is 17.4. The van der Waals surface area contributed by atoms with Crippen molar-refractivity contribution in [2.75, 3.05) is 10.2 Å². The molecule has 34 heavy (non-hydrogen) atoms. The average molecular weight is 464 g/mol. The van der Waals surface area contributed by atoms with E-state index in [1.165, 1.54) is 33.8 Å². The number of aryl methyl sites for hydroxylation is 2. The van der Waals surface area contributed by atoms with Crippen LogP contribution in [0.4, 0.5) is 15.8 Å². The van der Waals surface area contributed by atoms with Crippen LogP contribution < -0.4 is 15.9 Å². The van der Waals surface area contributed by atoms with Crippen molar-refractivity contribution in [2.24, 2.45) is 0 Å². The second-order valence-corrected chi connectivity index (χ2v) is 8.76. The highest BCUT2D eigenvalue weighted by atomic mass is 19.1. The van der Waals surface area contributed by atoms with Crippen molar-refractivity contribution in [3.05, 3.63) is 76.2 Å². The fourth-order valence-electron chi connectivity index (χ4n) is 4.79. The van der Waals surface area contributed by atoms with Gasteiger partial charge in [0.05, 0.1) is 0 Å². The first-order valence-electron chi connectivity index (χ1n) is 11.6. The maximum atomic E-state index is 13.6. The molecule has 2 aromatic carbocycles. The molecule has 0 radical (unpaired) electrons. The zero-order valence-corrected chi connectivity index (χ0v) is 18.7. The Hall–Kier alpha value is -3.75. The first kappa shape index (κ1) is 22.1. The van der Waals surface area contributed by atoms with Gasteiger partial charge in [0.1, 0.15) is 24.2 Å². The first-order chi connectivity index (χ1) is 16.5. The van der Waals surface area contributed by atoms with Crippen LogP contribution in [0.3, 0.4) is 0 Å². The smallest absolute Gasteiger partial charge is 0.324 e. The van der Waals surface area contributed by atoms with E-state index >= 15 is 0 Å². The largest absolute Gasteiger partial charge is 0.346 e. The van der Waals surface area contributed by atoms with E-state index in [1.807, 2.05) is 24.3 Å². The molecule has 2 aliphatic rings. The molecule has 2 amide bonds. The lowest BCUT2D eigenvalue weighted by molar-refractivity contribution is -0.124. The van der Waals surface area contributed by atoms with E-state index in [0.29, 0.717) is 43.0 Å². The van der Waals surface area contributed by atoms with E-state index in [2.05, 4.69) is 10.4 Å². The van der Waals surface area contributed by atoms with Crippen LogP contribution in [0.1, 0.15) is 37.1 Å². The Balaban J connectivity index is 1.43. The van der Waals surface area contributed by atoms with Gasteiger partial charge >= 0.3 is 5.69 Å². The zero-order chi connectivity index (χ0) is 23.7. The first-order valence-corrected chi connectivity index (χ1v) is 11.6. The molecule has 9 heteroatoms. The molecular weight excluding hydrogens is 437 g/mol. The number of halogens is 1. The van der Waals surface area contributed by atoms with Crippen LogP contribution in [0.5, 0.6) is 0 Å². The van der Waals surface area contributed by atoms with Crippen LogP contribution >= 0.6 is 0 Å². The second kappa shape index (κ2) is 9.24. The molecule has 1 aromatic heterocycles. The summed E-state index contributed by atoms with van der Waals surface area (Å²) < 4.78 is 16.1. The summed E-state index contributed by atoms with van der Waals surface area (Å²) in [5.41, 5.74) is 1.79. The fourth-order valence-corrected chi connectivity index (χ4v) is 4.79. The van der Waals surface area contributed by atoms with Crippen LogP contribution in [0.25, 0.3) is 0 Å². The number of aromatic nitrogens is 3. The van der Waals surface area contributed by atoms with Gasteiger partial charge in [0.15, 0.2) is 0 Å². The molecule has 1 unspecified atom stereocenters. The summed E-state index contributed by atoms with van der Waals surface area (Å²) in [4.78, 5) is 41.1. The number of nitrogens with one attached hydrogen (secondary N) is 1. The molecule has 2 aliphatic heterocycles. The van der Waals surface area contributed by atoms with Crippen LogP contribution in [0.2, 0.25) is 0 Å². The van der Waals surface area contributed by atoms with E-state index in [1.54, 1.807) is 4.57 Å². The number of rotatable bonds is 4. The number of para-hydroxylation sites is 1. The predicted octanol–water partition coefficient (Wildman–Crippen LogP) is 2.90. The van der Waals surface area contributed by atoms with Crippen molar-refractivity contribution in [2.45, 2.75) is 57.7 Å². The lowest BCUT2D eigenvalue weighted by Gasteiger charge is -2.36. The van der Waals surface area contributed by atoms with Gasteiger partial charge in [-0.2, -0.15) is 5.10 Å². The van der Waals surface area contributed by atoms with Crippen LogP contribution in [0.15, 0.2) is 53.3 Å². The Bertz CT molecular complexity index is 1280. The minimum Gasteiger partial charge on any atom is -0.324 e. The molecule has 0 bridgehead atoms. The molecule has 0 saturated heterocycles. The molecule has 0 saturated carbocycles. The van der Waals surface area contributed by atoms with Crippen LogP contribution in [-0.2, 0) is 35.5 Å². The Morgan fingerprint density at radius 2 is 1.82 bits per heavy atom. The van der Waals surface area contributed by atoms with Gasteiger partial charge in [-0.15, -0.1) is 0 Å². The monoisotopic (exact) mass is 463 g/mol. The maximum Gasteiger partial charge on any atom is 0.346 e. The molecule has 1 atom stereocenters. The highest BCUT2D eigenvalue weighted by Crippen LogP contribution is 2.31. The maximum absolute atomic E-state index is 13.6. The number of amides is 2. The van der Waals surface area contributed by atoms with E-state index in [-0.39, 0.29) is 24.0 Å². The van der Waals surface area contributed by atoms with Crippen molar-refractivity contribution in [1.82, 2.24) is 14.3 Å². The van der Waals surface area contributed by atoms with E-state index in [4.69, 9.17) is 0 Å². The number of fused-ring (bicyclic) bond motifs is 2. The summed E-state index contributed by atoms with van der Waals surface area (Å²) in [5, 5.41) is 7.22. The van der Waals surface area contributed by atoms with Crippen molar-refractivity contribution >= 4 is 23.2 Å². The summed E-state index contributed by atoms with van der Waals surface area (Å²) in [6.07, 6.45) is 4.72. The third kappa shape index (κ3) is 4.25. The summed E-state index contributed by atoms with van der Waals surface area (Å²) in [6.45, 7) is 0.366. The third-order valence-corrected chi connectivity index (χ3v) is 6.50. The van der Waals surface area contributed by atoms with Gasteiger partial charge in [-0.05, 0) is 61.6 Å². The lowest BCUT2D eigenvalue weighted by Crippen LogP contribution is -2.51. The predicted molar refractivity (Wildman–Crippen MR) is 125 cm³/mol. The Labute approximate surface area is 196 Å². The summed E-state index contributed by atoms with van der Waals surface area (Å²) in [7, 11) is 0. The summed E-state index contributed by atoms with van der Waals surface area (Å²) >= 11 is 0. The second-order valence-electron chi connectivity index (χ2n) is 8.76. The van der Waals surface area contributed by atoms with Gasteiger partial charge < -0.3 is 5.32 Å². The topological polar surface area (TPSA) is 89.2 Å². The van der Waals surface area contributed by atoms with Crippen molar-refractivity contribution in [3.63, 3.8) is 0 Å². The highest BCUT2D eigenvalue weighted by Gasteiger charge is 2.36. The Kier molecular flexibility index (Phi) is 6.00. The molecule has 0 fully saturated rings. The van der Waals surface area contributed by atoms with E-state index < -0.39 is 11.9 Å². The third-order valence-electron chi connectivity index (χ3n) is 6.50. The van der Waals surface area contributed by atoms with Gasteiger partial charge in [-0.3, -0.25) is 19.1 Å². The molecular formula is C25H26FN5O3. The molecule has 5 rings (SSSR count). The van der Waals surface area contributed by atoms with Gasteiger partial charge in [0, 0.05) is 24.3 Å². The molecule has 0 aliphatic carbocycles. The highest BCUT2D eigenvalue weighted by molar-refractivity contribution is 6.05. The zero-order valence-electron chi connectivity index (χ0n) is 18.7. The van der Waals surface area contributed by atoms with Gasteiger partial charge in [-0.25, -0.2) is 13.9 Å². The average Bonchev–Trinajstić information content (AvgIpc) is 2.99. The molecule has 1 N–H and O–H groups in total. The standard InChI is InChI=1S/C25H26FN5O3/c26-18-10-12-19(13-11-18)27-24(33)21-14-9-17-6-3-4-7-20(17)31(21)23(32)16-30-25(34)29-15-5-1-2-8-22(29)28-30/h3-4,6-7,10-13,21H,1-2,5,8-9,14-16H2,(H,27,33). The van der Waals surface area contributed by atoms with Gasteiger partial charge in [0.2, 0.25) is 11.8 Å². The van der Waals surface area contributed by atoms with Gasteiger partial charge in [0.25, 0.3) is 0 Å². The quantitative estimate of drug-likeness (QED) is 0.644. The number of benzene rings is 2. The summed E-state index contributed by atoms with van der Waals surface area (Å²) in [6, 6.07) is 12.2. The lowest BCUT2D eigenvalue weighted by atomic mass is 9.95. The Morgan fingerprint density at radius 1 is 1.03 bits per heavy atom. The molecule has 176 valence electrons. The van der Waals surface area contributed by atoms with Crippen LogP contribution in [-0.4, -0.2) is 32.2 Å². The SMILES string of the molecule is O=C(Nc1ccc(F)cc1)C1CCc2ccccc2N1C(=O)Cn1nc2n(c1=O)CCCCC2. The van der Waals surface area contributed by atoms with E-state index in [0.717, 1.165) is 24.8 Å². The van der Waals surface area contributed by atoms with Crippen molar-refractivity contribution < 1.29 is 14.0 Å². The Morgan fingerprint density at radius 3 is 2.65 bits per heavy atom. The number of nitrogens with zero attached hydrogens (tertiary/aromatic N) is 4. The minimum absolute atomic E-state index is 0.243. The molecule has 0 spiro atoms. The number of anilines is 2. The molecule has 8 nitrogen and oxygen atoms in total. The van der Waals surface area contributed by atoms with Gasteiger partial charge in [-0.1, -0.05) is 24.6 Å². The number of carbonyl (C=O) groups excluding carboxylic acids is 2. The number of hydrogen-bond acceptors (Lipinski definition) is 4. The number of carbonyl (C=O) groups is 2.